The highest BCUT2D eigenvalue weighted by Crippen LogP contribution is 2.31. The van der Waals surface area contributed by atoms with Crippen LogP contribution in [0.3, 0.4) is 0 Å². The maximum atomic E-state index is 5.70. The molecule has 3 heteroatoms. The second-order valence-electron chi connectivity index (χ2n) is 3.97. The van der Waals surface area contributed by atoms with E-state index in [0.29, 0.717) is 11.9 Å². The first-order valence-electron chi connectivity index (χ1n) is 5.06. The molecule has 0 amide bonds. The van der Waals surface area contributed by atoms with Gasteiger partial charge in [-0.2, -0.15) is 0 Å². The van der Waals surface area contributed by atoms with E-state index in [9.17, 15) is 0 Å². The smallest absolute Gasteiger partial charge is 0.200 e. The van der Waals surface area contributed by atoms with Crippen LogP contribution in [0.2, 0.25) is 0 Å². The van der Waals surface area contributed by atoms with Crippen molar-refractivity contribution in [3.63, 3.8) is 0 Å². The Hall–Kier alpha value is -0.990. The highest BCUT2D eigenvalue weighted by molar-refractivity contribution is 5.23. The van der Waals surface area contributed by atoms with Crippen molar-refractivity contribution in [1.29, 1.82) is 0 Å². The van der Waals surface area contributed by atoms with Gasteiger partial charge >= 0.3 is 0 Å². The van der Waals surface area contributed by atoms with Crippen LogP contribution in [0, 0.1) is 0 Å². The fourth-order valence-electron chi connectivity index (χ4n) is 2.10. The molecule has 72 valence electrons. The molecule has 0 atom stereocenters. The van der Waals surface area contributed by atoms with Crippen molar-refractivity contribution in [2.24, 2.45) is 7.05 Å². The van der Waals surface area contributed by atoms with Gasteiger partial charge in [-0.1, -0.05) is 19.3 Å². The van der Waals surface area contributed by atoms with Crippen LogP contribution in [0.1, 0.15) is 43.7 Å². The summed E-state index contributed by atoms with van der Waals surface area (Å²) in [5.74, 6) is 1.30. The fourth-order valence-corrected chi connectivity index (χ4v) is 2.10. The second-order valence-corrected chi connectivity index (χ2v) is 3.97. The Morgan fingerprint density at radius 2 is 2.08 bits per heavy atom. The zero-order valence-corrected chi connectivity index (χ0v) is 8.16. The minimum absolute atomic E-state index is 0.639. The number of hydrogen-bond acceptors (Lipinski definition) is 2. The Labute approximate surface area is 79.0 Å². The van der Waals surface area contributed by atoms with Gasteiger partial charge < -0.3 is 10.3 Å². The zero-order chi connectivity index (χ0) is 9.26. The summed E-state index contributed by atoms with van der Waals surface area (Å²) in [6, 6.07) is 0. The molecule has 1 saturated carbocycles. The highest BCUT2D eigenvalue weighted by atomic mass is 15.1. The van der Waals surface area contributed by atoms with E-state index < -0.39 is 0 Å². The van der Waals surface area contributed by atoms with Crippen molar-refractivity contribution in [3.05, 3.63) is 11.9 Å². The number of aromatic nitrogens is 2. The molecular formula is C10H17N3. The molecule has 0 radical (unpaired) electrons. The van der Waals surface area contributed by atoms with E-state index in [1.807, 2.05) is 11.6 Å². The third kappa shape index (κ3) is 1.69. The van der Waals surface area contributed by atoms with E-state index in [-0.39, 0.29) is 0 Å². The first-order valence-corrected chi connectivity index (χ1v) is 5.06. The van der Waals surface area contributed by atoms with Crippen molar-refractivity contribution in [1.82, 2.24) is 9.55 Å². The normalized spacial score (nSPS) is 19.2. The third-order valence-corrected chi connectivity index (χ3v) is 2.95. The molecule has 0 bridgehead atoms. The quantitative estimate of drug-likeness (QED) is 0.717. The van der Waals surface area contributed by atoms with Crippen molar-refractivity contribution in [2.75, 3.05) is 5.73 Å². The Morgan fingerprint density at radius 1 is 1.38 bits per heavy atom. The van der Waals surface area contributed by atoms with Gasteiger partial charge in [-0.25, -0.2) is 4.98 Å². The van der Waals surface area contributed by atoms with Gasteiger partial charge in [-0.15, -0.1) is 0 Å². The second kappa shape index (κ2) is 3.40. The Morgan fingerprint density at radius 3 is 2.62 bits per heavy atom. The standard InChI is InChI=1S/C10H17N3/c1-13-7-9(12-10(13)11)8-5-3-2-4-6-8/h7-8H,2-6H2,1H3,(H2,11,12). The maximum Gasteiger partial charge on any atom is 0.200 e. The molecule has 1 aromatic heterocycles. The molecule has 0 aromatic carbocycles. The summed E-state index contributed by atoms with van der Waals surface area (Å²) in [4.78, 5) is 4.37. The predicted octanol–water partition coefficient (Wildman–Crippen LogP) is 2.05. The first-order chi connectivity index (χ1) is 6.27. The van der Waals surface area contributed by atoms with Crippen molar-refractivity contribution >= 4 is 5.95 Å². The number of anilines is 1. The zero-order valence-electron chi connectivity index (χ0n) is 8.16. The minimum Gasteiger partial charge on any atom is -0.369 e. The average Bonchev–Trinajstić information content (AvgIpc) is 2.49. The van der Waals surface area contributed by atoms with E-state index in [0.717, 1.165) is 0 Å². The van der Waals surface area contributed by atoms with Gasteiger partial charge in [0.25, 0.3) is 0 Å². The van der Waals surface area contributed by atoms with Crippen molar-refractivity contribution in [3.8, 4) is 0 Å². The van der Waals surface area contributed by atoms with E-state index >= 15 is 0 Å². The van der Waals surface area contributed by atoms with Crippen LogP contribution >= 0.6 is 0 Å². The highest BCUT2D eigenvalue weighted by Gasteiger charge is 2.18. The van der Waals surface area contributed by atoms with Crippen LogP contribution in [0.5, 0.6) is 0 Å². The molecule has 1 heterocycles. The predicted molar refractivity (Wildman–Crippen MR) is 53.4 cm³/mol. The van der Waals surface area contributed by atoms with E-state index in [2.05, 4.69) is 11.2 Å². The summed E-state index contributed by atoms with van der Waals surface area (Å²) >= 11 is 0. The topological polar surface area (TPSA) is 43.8 Å². The van der Waals surface area contributed by atoms with Gasteiger partial charge in [0.05, 0.1) is 5.69 Å². The molecular weight excluding hydrogens is 162 g/mol. The SMILES string of the molecule is Cn1cc(C2CCCCC2)nc1N. The van der Waals surface area contributed by atoms with Gasteiger partial charge in [0.15, 0.2) is 5.95 Å². The largest absolute Gasteiger partial charge is 0.369 e. The molecule has 1 aliphatic rings. The number of rotatable bonds is 1. The molecule has 0 aliphatic heterocycles. The van der Waals surface area contributed by atoms with E-state index in [1.165, 1.54) is 37.8 Å². The van der Waals surface area contributed by atoms with Crippen LogP contribution in [-0.2, 0) is 7.05 Å². The summed E-state index contributed by atoms with van der Waals surface area (Å²) in [6.07, 6.45) is 8.74. The summed E-state index contributed by atoms with van der Waals surface area (Å²) in [5.41, 5.74) is 6.89. The molecule has 1 aromatic rings. The Bertz CT molecular complexity index is 265. The van der Waals surface area contributed by atoms with Gasteiger partial charge in [-0.3, -0.25) is 0 Å². The number of imidazole rings is 1. The van der Waals surface area contributed by atoms with Gasteiger partial charge in [0.1, 0.15) is 0 Å². The number of aryl methyl sites for hydroxylation is 1. The monoisotopic (exact) mass is 179 g/mol. The van der Waals surface area contributed by atoms with Crippen LogP contribution in [0.15, 0.2) is 6.20 Å². The summed E-state index contributed by atoms with van der Waals surface area (Å²) in [5, 5.41) is 0. The Kier molecular flexibility index (Phi) is 2.25. The summed E-state index contributed by atoms with van der Waals surface area (Å²) in [6.45, 7) is 0. The minimum atomic E-state index is 0.639. The maximum absolute atomic E-state index is 5.70. The van der Waals surface area contributed by atoms with Gasteiger partial charge in [0.2, 0.25) is 0 Å². The fraction of sp³-hybridized carbons (Fsp3) is 0.700. The van der Waals surface area contributed by atoms with Crippen molar-refractivity contribution in [2.45, 2.75) is 38.0 Å². The molecule has 0 spiro atoms. The average molecular weight is 179 g/mol. The Balaban J connectivity index is 2.14. The molecule has 1 aliphatic carbocycles. The van der Waals surface area contributed by atoms with E-state index in [4.69, 9.17) is 5.73 Å². The molecule has 0 saturated heterocycles. The number of nitrogens with zero attached hydrogens (tertiary/aromatic N) is 2. The van der Waals surface area contributed by atoms with Crippen LogP contribution in [-0.4, -0.2) is 9.55 Å². The lowest BCUT2D eigenvalue weighted by molar-refractivity contribution is 0.437. The molecule has 3 nitrogen and oxygen atoms in total. The van der Waals surface area contributed by atoms with Crippen molar-refractivity contribution < 1.29 is 0 Å². The van der Waals surface area contributed by atoms with Gasteiger partial charge in [-0.05, 0) is 12.8 Å². The van der Waals surface area contributed by atoms with Gasteiger partial charge in [0, 0.05) is 19.2 Å². The van der Waals surface area contributed by atoms with E-state index in [1.54, 1.807) is 0 Å². The molecule has 13 heavy (non-hydrogen) atoms. The number of nitrogens with two attached hydrogens (primary N) is 1. The number of hydrogen-bond donors (Lipinski definition) is 1. The lowest BCUT2D eigenvalue weighted by atomic mass is 9.87. The number of nitrogen functional groups attached to an aromatic ring is 1. The first kappa shape index (κ1) is 8.60. The summed E-state index contributed by atoms with van der Waals surface area (Å²) in [7, 11) is 1.95. The lowest BCUT2D eigenvalue weighted by Crippen LogP contribution is -2.04. The van der Waals surface area contributed by atoms with Crippen LogP contribution < -0.4 is 5.73 Å². The lowest BCUT2D eigenvalue weighted by Gasteiger charge is -2.19. The third-order valence-electron chi connectivity index (χ3n) is 2.95. The molecule has 0 unspecified atom stereocenters. The van der Waals surface area contributed by atoms with Crippen LogP contribution in [0.25, 0.3) is 0 Å². The van der Waals surface area contributed by atoms with Crippen LogP contribution in [0.4, 0.5) is 5.95 Å². The molecule has 2 N–H and O–H groups in total. The molecule has 1 fully saturated rings. The summed E-state index contributed by atoms with van der Waals surface area (Å²) < 4.78 is 1.91. The molecule has 2 rings (SSSR count).